The van der Waals surface area contributed by atoms with Gasteiger partial charge in [-0.1, -0.05) is 6.92 Å². The van der Waals surface area contributed by atoms with E-state index in [9.17, 15) is 4.79 Å². The van der Waals surface area contributed by atoms with Crippen LogP contribution in [0.15, 0.2) is 18.7 Å². The Bertz CT molecular complexity index is 312. The molecule has 0 saturated carbocycles. The van der Waals surface area contributed by atoms with Crippen molar-refractivity contribution in [2.24, 2.45) is 0 Å². The van der Waals surface area contributed by atoms with Gasteiger partial charge in [-0.25, -0.2) is 4.98 Å². The zero-order valence-electron chi connectivity index (χ0n) is 10.6. The molecule has 17 heavy (non-hydrogen) atoms. The molecule has 0 saturated heterocycles. The molecule has 0 bridgehead atoms. The molecule has 96 valence electrons. The van der Waals surface area contributed by atoms with Crippen molar-refractivity contribution in [2.45, 2.75) is 26.3 Å². The van der Waals surface area contributed by atoms with Crippen LogP contribution in [0.2, 0.25) is 0 Å². The van der Waals surface area contributed by atoms with Crippen LogP contribution >= 0.6 is 0 Å². The highest BCUT2D eigenvalue weighted by Gasteiger charge is 2.06. The van der Waals surface area contributed by atoms with E-state index >= 15 is 0 Å². The molecule has 0 aliphatic heterocycles. The summed E-state index contributed by atoms with van der Waals surface area (Å²) in [5, 5.41) is 0. The van der Waals surface area contributed by atoms with Crippen molar-refractivity contribution < 1.29 is 9.53 Å². The molecule has 0 aliphatic carbocycles. The maximum Gasteiger partial charge on any atom is 0.306 e. The zero-order valence-corrected chi connectivity index (χ0v) is 10.6. The lowest BCUT2D eigenvalue weighted by atomic mass is 10.3. The number of hydrogen-bond donors (Lipinski definition) is 0. The summed E-state index contributed by atoms with van der Waals surface area (Å²) < 4.78 is 6.69. The van der Waals surface area contributed by atoms with Gasteiger partial charge in [0.2, 0.25) is 0 Å². The molecule has 5 nitrogen and oxygen atoms in total. The Hall–Kier alpha value is -1.36. The van der Waals surface area contributed by atoms with Gasteiger partial charge >= 0.3 is 5.97 Å². The summed E-state index contributed by atoms with van der Waals surface area (Å²) >= 11 is 0. The largest absolute Gasteiger partial charge is 0.469 e. The predicted octanol–water partition coefficient (Wildman–Crippen LogP) is 1.16. The third-order valence-corrected chi connectivity index (χ3v) is 2.76. The molecule has 0 unspecified atom stereocenters. The summed E-state index contributed by atoms with van der Waals surface area (Å²) in [4.78, 5) is 17.3. The molecule has 0 aliphatic rings. The van der Waals surface area contributed by atoms with Crippen molar-refractivity contribution in [1.82, 2.24) is 14.5 Å². The van der Waals surface area contributed by atoms with Crippen molar-refractivity contribution >= 4 is 5.97 Å². The van der Waals surface area contributed by atoms with E-state index in [1.807, 2.05) is 12.5 Å². The van der Waals surface area contributed by atoms with Gasteiger partial charge < -0.3 is 14.2 Å². The van der Waals surface area contributed by atoms with Gasteiger partial charge in [0.25, 0.3) is 0 Å². The molecule has 1 rings (SSSR count). The van der Waals surface area contributed by atoms with E-state index in [2.05, 4.69) is 26.1 Å². The number of aryl methyl sites for hydroxylation is 1. The number of imidazole rings is 1. The molecule has 0 radical (unpaired) electrons. The van der Waals surface area contributed by atoms with Crippen LogP contribution in [0.5, 0.6) is 0 Å². The minimum Gasteiger partial charge on any atom is -0.469 e. The van der Waals surface area contributed by atoms with E-state index in [4.69, 9.17) is 0 Å². The first-order valence-electron chi connectivity index (χ1n) is 6.01. The quantitative estimate of drug-likeness (QED) is 0.639. The summed E-state index contributed by atoms with van der Waals surface area (Å²) in [5.41, 5.74) is 0. The van der Waals surface area contributed by atoms with Crippen molar-refractivity contribution in [2.75, 3.05) is 26.7 Å². The molecule has 0 fully saturated rings. The van der Waals surface area contributed by atoms with E-state index in [0.29, 0.717) is 6.42 Å². The molecule has 5 heteroatoms. The third kappa shape index (κ3) is 5.49. The van der Waals surface area contributed by atoms with Crippen molar-refractivity contribution in [3.05, 3.63) is 18.7 Å². The van der Waals surface area contributed by atoms with Crippen LogP contribution in [-0.2, 0) is 16.1 Å². The van der Waals surface area contributed by atoms with Crippen LogP contribution in [0.25, 0.3) is 0 Å². The number of rotatable bonds is 8. The van der Waals surface area contributed by atoms with Gasteiger partial charge in [-0.3, -0.25) is 4.79 Å². The summed E-state index contributed by atoms with van der Waals surface area (Å²) in [7, 11) is 1.43. The van der Waals surface area contributed by atoms with Crippen LogP contribution in [0, 0.1) is 0 Å². The second kappa shape index (κ2) is 7.84. The fourth-order valence-corrected chi connectivity index (χ4v) is 1.68. The summed E-state index contributed by atoms with van der Waals surface area (Å²) in [6, 6.07) is 0. The lowest BCUT2D eigenvalue weighted by Gasteiger charge is -2.19. The molecular weight excluding hydrogens is 218 g/mol. The van der Waals surface area contributed by atoms with Crippen LogP contribution in [0.3, 0.4) is 0 Å². The van der Waals surface area contributed by atoms with Crippen LogP contribution in [-0.4, -0.2) is 47.2 Å². The highest BCUT2D eigenvalue weighted by molar-refractivity contribution is 5.69. The van der Waals surface area contributed by atoms with Crippen molar-refractivity contribution in [3.63, 3.8) is 0 Å². The molecule has 1 aromatic heterocycles. The van der Waals surface area contributed by atoms with Gasteiger partial charge in [0.05, 0.1) is 19.9 Å². The average Bonchev–Trinajstić information content (AvgIpc) is 2.86. The number of hydrogen-bond acceptors (Lipinski definition) is 4. The number of ether oxygens (including phenoxy) is 1. The molecule has 0 aromatic carbocycles. The number of esters is 1. The number of methoxy groups -OCH3 is 1. The molecule has 1 heterocycles. The fourth-order valence-electron chi connectivity index (χ4n) is 1.68. The van der Waals surface area contributed by atoms with Gasteiger partial charge in [-0.15, -0.1) is 0 Å². The van der Waals surface area contributed by atoms with Gasteiger partial charge in [0, 0.05) is 25.5 Å². The lowest BCUT2D eigenvalue weighted by molar-refractivity contribution is -0.140. The number of nitrogens with zero attached hydrogens (tertiary/aromatic N) is 3. The van der Waals surface area contributed by atoms with Gasteiger partial charge in [-0.2, -0.15) is 0 Å². The monoisotopic (exact) mass is 239 g/mol. The second-order valence-electron chi connectivity index (χ2n) is 3.91. The normalized spacial score (nSPS) is 10.8. The van der Waals surface area contributed by atoms with E-state index in [-0.39, 0.29) is 5.97 Å². The minimum absolute atomic E-state index is 0.141. The smallest absolute Gasteiger partial charge is 0.306 e. The highest BCUT2D eigenvalue weighted by Crippen LogP contribution is 1.98. The molecule has 0 atom stereocenters. The molecule has 1 aromatic rings. The maximum absolute atomic E-state index is 11.0. The van der Waals surface area contributed by atoms with Gasteiger partial charge in [0.15, 0.2) is 0 Å². The van der Waals surface area contributed by atoms with E-state index in [1.54, 1.807) is 6.20 Å². The lowest BCUT2D eigenvalue weighted by Crippen LogP contribution is -2.28. The summed E-state index contributed by atoms with van der Waals surface area (Å²) in [6.07, 6.45) is 7.10. The van der Waals surface area contributed by atoms with Crippen LogP contribution < -0.4 is 0 Å². The van der Waals surface area contributed by atoms with Gasteiger partial charge in [0.1, 0.15) is 0 Å². The Kier molecular flexibility index (Phi) is 6.32. The number of aromatic nitrogens is 2. The first kappa shape index (κ1) is 13.7. The van der Waals surface area contributed by atoms with Crippen LogP contribution in [0.1, 0.15) is 19.8 Å². The van der Waals surface area contributed by atoms with Crippen molar-refractivity contribution in [3.8, 4) is 0 Å². The number of carbonyl (C=O) groups excluding carboxylic acids is 1. The standard InChI is InChI=1S/C12H21N3O2/c1-3-14(9-5-12(16)17-2)7-4-8-15-10-6-13-11-15/h6,10-11H,3-5,7-9H2,1-2H3. The predicted molar refractivity (Wildman–Crippen MR) is 65.6 cm³/mol. The number of carbonyl (C=O) groups is 1. The van der Waals surface area contributed by atoms with E-state index in [0.717, 1.165) is 32.6 Å². The molecule has 0 N–H and O–H groups in total. The third-order valence-electron chi connectivity index (χ3n) is 2.76. The SMILES string of the molecule is CCN(CCCn1ccnc1)CCC(=O)OC. The van der Waals surface area contributed by atoms with Crippen LogP contribution in [0.4, 0.5) is 0 Å². The first-order chi connectivity index (χ1) is 8.26. The van der Waals surface area contributed by atoms with E-state index < -0.39 is 0 Å². The molecule has 0 spiro atoms. The summed E-state index contributed by atoms with van der Waals surface area (Å²) in [6.45, 7) is 5.79. The molecule has 0 amide bonds. The Labute approximate surface area is 102 Å². The van der Waals surface area contributed by atoms with Gasteiger partial charge in [-0.05, 0) is 19.5 Å². The van der Waals surface area contributed by atoms with Crippen molar-refractivity contribution in [1.29, 1.82) is 0 Å². The Morgan fingerprint density at radius 1 is 1.47 bits per heavy atom. The Morgan fingerprint density at radius 3 is 2.88 bits per heavy atom. The zero-order chi connectivity index (χ0) is 12.5. The Balaban J connectivity index is 2.16. The Morgan fingerprint density at radius 2 is 2.29 bits per heavy atom. The first-order valence-corrected chi connectivity index (χ1v) is 6.01. The summed E-state index contributed by atoms with van der Waals surface area (Å²) in [5.74, 6) is -0.141. The fraction of sp³-hybridized carbons (Fsp3) is 0.667. The topological polar surface area (TPSA) is 47.4 Å². The highest BCUT2D eigenvalue weighted by atomic mass is 16.5. The molecular formula is C12H21N3O2. The maximum atomic E-state index is 11.0. The average molecular weight is 239 g/mol. The second-order valence-corrected chi connectivity index (χ2v) is 3.91. The van der Waals surface area contributed by atoms with E-state index in [1.165, 1.54) is 7.11 Å². The minimum atomic E-state index is -0.141.